The summed E-state index contributed by atoms with van der Waals surface area (Å²) in [5, 5.41) is 3.35. The molecule has 16 heavy (non-hydrogen) atoms. The summed E-state index contributed by atoms with van der Waals surface area (Å²) in [6.45, 7) is 6.52. The largest absolute Gasteiger partial charge is 0.348 e. The molecule has 90 valence electrons. The SMILES string of the molecule is CCc1csc(N2CCC(N)C(CC)C2)n1. The van der Waals surface area contributed by atoms with E-state index in [2.05, 4.69) is 29.1 Å². The first-order chi connectivity index (χ1) is 7.74. The lowest BCUT2D eigenvalue weighted by atomic mass is 9.91. The van der Waals surface area contributed by atoms with E-state index in [-0.39, 0.29) is 0 Å². The fourth-order valence-electron chi connectivity index (χ4n) is 2.26. The van der Waals surface area contributed by atoms with E-state index in [1.165, 1.54) is 17.2 Å². The van der Waals surface area contributed by atoms with Gasteiger partial charge in [0, 0.05) is 24.5 Å². The molecule has 0 saturated carbocycles. The van der Waals surface area contributed by atoms with Crippen LogP contribution in [-0.2, 0) is 6.42 Å². The van der Waals surface area contributed by atoms with Crippen LogP contribution in [0.15, 0.2) is 5.38 Å². The highest BCUT2D eigenvalue weighted by molar-refractivity contribution is 7.13. The molecule has 0 spiro atoms. The van der Waals surface area contributed by atoms with E-state index in [0.717, 1.165) is 25.9 Å². The van der Waals surface area contributed by atoms with Crippen LogP contribution in [0, 0.1) is 5.92 Å². The van der Waals surface area contributed by atoms with Crippen molar-refractivity contribution >= 4 is 16.5 Å². The molecular formula is C12H21N3S. The van der Waals surface area contributed by atoms with Gasteiger partial charge in [0.2, 0.25) is 0 Å². The highest BCUT2D eigenvalue weighted by Gasteiger charge is 2.26. The predicted molar refractivity (Wildman–Crippen MR) is 70.1 cm³/mol. The smallest absolute Gasteiger partial charge is 0.185 e. The zero-order valence-electron chi connectivity index (χ0n) is 10.1. The number of aromatic nitrogens is 1. The number of nitrogens with two attached hydrogens (primary N) is 1. The molecule has 0 aliphatic carbocycles. The first-order valence-corrected chi connectivity index (χ1v) is 7.07. The Morgan fingerprint density at radius 1 is 1.56 bits per heavy atom. The van der Waals surface area contributed by atoms with Crippen molar-refractivity contribution in [2.75, 3.05) is 18.0 Å². The molecule has 3 nitrogen and oxygen atoms in total. The number of hydrogen-bond donors (Lipinski definition) is 1. The van der Waals surface area contributed by atoms with Gasteiger partial charge in [0.15, 0.2) is 5.13 Å². The lowest BCUT2D eigenvalue weighted by Crippen LogP contribution is -2.46. The molecule has 1 saturated heterocycles. The third-order valence-electron chi connectivity index (χ3n) is 3.49. The van der Waals surface area contributed by atoms with E-state index in [9.17, 15) is 0 Å². The van der Waals surface area contributed by atoms with Crippen LogP contribution >= 0.6 is 11.3 Å². The van der Waals surface area contributed by atoms with Crippen LogP contribution in [0.2, 0.25) is 0 Å². The van der Waals surface area contributed by atoms with Crippen molar-refractivity contribution < 1.29 is 0 Å². The summed E-state index contributed by atoms with van der Waals surface area (Å²) in [6, 6.07) is 0.381. The third kappa shape index (κ3) is 2.38. The van der Waals surface area contributed by atoms with Gasteiger partial charge in [-0.2, -0.15) is 0 Å². The van der Waals surface area contributed by atoms with Gasteiger partial charge in [-0.1, -0.05) is 20.3 Å². The van der Waals surface area contributed by atoms with Gasteiger partial charge in [0.25, 0.3) is 0 Å². The van der Waals surface area contributed by atoms with E-state index in [1.807, 2.05) is 0 Å². The summed E-state index contributed by atoms with van der Waals surface area (Å²) >= 11 is 1.77. The maximum atomic E-state index is 6.12. The molecule has 0 bridgehead atoms. The van der Waals surface area contributed by atoms with E-state index in [1.54, 1.807) is 11.3 Å². The van der Waals surface area contributed by atoms with Crippen LogP contribution in [0.25, 0.3) is 0 Å². The number of thiazole rings is 1. The molecule has 1 aromatic heterocycles. The fourth-order valence-corrected chi connectivity index (χ4v) is 3.21. The van der Waals surface area contributed by atoms with Crippen LogP contribution in [0.4, 0.5) is 5.13 Å². The Morgan fingerprint density at radius 2 is 2.38 bits per heavy atom. The second kappa shape index (κ2) is 5.15. The first-order valence-electron chi connectivity index (χ1n) is 6.19. The molecule has 1 aliphatic rings. The van der Waals surface area contributed by atoms with Gasteiger partial charge in [-0.25, -0.2) is 4.98 Å². The fraction of sp³-hybridized carbons (Fsp3) is 0.750. The van der Waals surface area contributed by atoms with E-state index < -0.39 is 0 Å². The second-order valence-electron chi connectivity index (χ2n) is 4.54. The molecule has 1 fully saturated rings. The molecule has 2 heterocycles. The lowest BCUT2D eigenvalue weighted by Gasteiger charge is -2.36. The van der Waals surface area contributed by atoms with E-state index in [0.29, 0.717) is 12.0 Å². The number of nitrogens with zero attached hydrogens (tertiary/aromatic N) is 2. The molecule has 2 unspecified atom stereocenters. The molecule has 0 radical (unpaired) electrons. The Bertz CT molecular complexity index is 337. The van der Waals surface area contributed by atoms with Gasteiger partial charge in [0.05, 0.1) is 5.69 Å². The summed E-state index contributed by atoms with van der Waals surface area (Å²) < 4.78 is 0. The predicted octanol–water partition coefficient (Wildman–Crippen LogP) is 2.27. The summed E-state index contributed by atoms with van der Waals surface area (Å²) in [7, 11) is 0. The van der Waals surface area contributed by atoms with Gasteiger partial charge in [-0.05, 0) is 18.8 Å². The van der Waals surface area contributed by atoms with Crippen LogP contribution in [0.1, 0.15) is 32.4 Å². The minimum Gasteiger partial charge on any atom is -0.348 e. The van der Waals surface area contributed by atoms with Crippen LogP contribution in [-0.4, -0.2) is 24.1 Å². The van der Waals surface area contributed by atoms with E-state index in [4.69, 9.17) is 5.73 Å². The quantitative estimate of drug-likeness (QED) is 0.880. The Kier molecular flexibility index (Phi) is 3.82. The van der Waals surface area contributed by atoms with E-state index >= 15 is 0 Å². The maximum absolute atomic E-state index is 6.12. The van der Waals surface area contributed by atoms with Crippen LogP contribution in [0.3, 0.4) is 0 Å². The topological polar surface area (TPSA) is 42.1 Å². The third-order valence-corrected chi connectivity index (χ3v) is 4.44. The number of rotatable bonds is 3. The average molecular weight is 239 g/mol. The number of piperidine rings is 1. The van der Waals surface area contributed by atoms with Crippen molar-refractivity contribution in [2.24, 2.45) is 11.7 Å². The lowest BCUT2D eigenvalue weighted by molar-refractivity contribution is 0.348. The minimum absolute atomic E-state index is 0.381. The van der Waals surface area contributed by atoms with Gasteiger partial charge in [-0.3, -0.25) is 0 Å². The molecule has 2 rings (SSSR count). The monoisotopic (exact) mass is 239 g/mol. The molecule has 1 aromatic rings. The highest BCUT2D eigenvalue weighted by Crippen LogP contribution is 2.27. The number of hydrogen-bond acceptors (Lipinski definition) is 4. The Labute approximate surface area is 102 Å². The first kappa shape index (κ1) is 11.9. The van der Waals surface area contributed by atoms with Crippen molar-refractivity contribution in [2.45, 2.75) is 39.2 Å². The van der Waals surface area contributed by atoms with Crippen molar-refractivity contribution in [3.05, 3.63) is 11.1 Å². The molecular weight excluding hydrogens is 218 g/mol. The molecule has 2 N–H and O–H groups in total. The normalized spacial score (nSPS) is 26.1. The number of anilines is 1. The maximum Gasteiger partial charge on any atom is 0.185 e. The summed E-state index contributed by atoms with van der Waals surface area (Å²) in [5.74, 6) is 0.628. The van der Waals surface area contributed by atoms with Crippen LogP contribution in [0.5, 0.6) is 0 Å². The molecule has 2 atom stereocenters. The van der Waals surface area contributed by atoms with Gasteiger partial charge < -0.3 is 10.6 Å². The summed E-state index contributed by atoms with van der Waals surface area (Å²) in [4.78, 5) is 7.05. The second-order valence-corrected chi connectivity index (χ2v) is 5.38. The summed E-state index contributed by atoms with van der Waals surface area (Å²) in [5.41, 5.74) is 7.33. The Morgan fingerprint density at radius 3 is 3.00 bits per heavy atom. The molecule has 0 aromatic carbocycles. The van der Waals surface area contributed by atoms with Crippen molar-refractivity contribution in [3.63, 3.8) is 0 Å². The molecule has 0 amide bonds. The zero-order valence-corrected chi connectivity index (χ0v) is 11.0. The molecule has 4 heteroatoms. The van der Waals surface area contributed by atoms with Crippen molar-refractivity contribution in [1.29, 1.82) is 0 Å². The Hall–Kier alpha value is -0.610. The highest BCUT2D eigenvalue weighted by atomic mass is 32.1. The minimum atomic E-state index is 0.381. The van der Waals surface area contributed by atoms with Gasteiger partial charge in [-0.15, -0.1) is 11.3 Å². The van der Waals surface area contributed by atoms with Crippen molar-refractivity contribution in [1.82, 2.24) is 4.98 Å². The standard InChI is InChI=1S/C12H21N3S/c1-3-9-7-15(6-5-11(9)13)12-14-10(4-2)8-16-12/h8-9,11H,3-7,13H2,1-2H3. The summed E-state index contributed by atoms with van der Waals surface area (Å²) in [6.07, 6.45) is 3.30. The Balaban J connectivity index is 2.05. The number of aryl methyl sites for hydroxylation is 1. The van der Waals surface area contributed by atoms with Gasteiger partial charge >= 0.3 is 0 Å². The molecule has 1 aliphatic heterocycles. The zero-order chi connectivity index (χ0) is 11.5. The van der Waals surface area contributed by atoms with Gasteiger partial charge in [0.1, 0.15) is 0 Å². The van der Waals surface area contributed by atoms with Crippen LogP contribution < -0.4 is 10.6 Å². The van der Waals surface area contributed by atoms with Crippen molar-refractivity contribution in [3.8, 4) is 0 Å². The average Bonchev–Trinajstić information content (AvgIpc) is 2.78.